The van der Waals surface area contributed by atoms with Gasteiger partial charge in [-0.25, -0.2) is 4.79 Å². The summed E-state index contributed by atoms with van der Waals surface area (Å²) in [6, 6.07) is 6.61. The van der Waals surface area contributed by atoms with E-state index in [1.807, 2.05) is 19.1 Å². The molecule has 1 fully saturated rings. The molecule has 86 valence electrons. The smallest absolute Gasteiger partial charge is 0.326 e. The maximum Gasteiger partial charge on any atom is 0.326 e. The number of nitrogens with zero attached hydrogens (tertiary/aromatic N) is 1. The number of anilines is 1. The molecule has 5 nitrogen and oxygen atoms in total. The lowest BCUT2D eigenvalue weighted by Gasteiger charge is -2.29. The Morgan fingerprint density at radius 1 is 1.38 bits per heavy atom. The highest BCUT2D eigenvalue weighted by atomic mass is 16.4. The molecular formula is C11H14N2O3. The fraction of sp³-hybridized carbons (Fsp3) is 0.364. The Hall–Kier alpha value is -1.59. The molecule has 1 aromatic rings. The van der Waals surface area contributed by atoms with Crippen LogP contribution in [0.25, 0.3) is 0 Å². The molecule has 2 amide bonds. The number of carbonyl (C=O) groups is 1. The van der Waals surface area contributed by atoms with E-state index in [2.05, 4.69) is 5.32 Å². The summed E-state index contributed by atoms with van der Waals surface area (Å²) in [4.78, 5) is 12.7. The molecule has 1 heterocycles. The predicted octanol–water partition coefficient (Wildman–Crippen LogP) is 0.552. The van der Waals surface area contributed by atoms with E-state index < -0.39 is 18.0 Å². The van der Waals surface area contributed by atoms with Crippen LogP contribution in [-0.4, -0.2) is 28.2 Å². The van der Waals surface area contributed by atoms with E-state index in [-0.39, 0.29) is 0 Å². The van der Waals surface area contributed by atoms with Crippen molar-refractivity contribution >= 4 is 11.7 Å². The highest BCUT2D eigenvalue weighted by Gasteiger charge is 2.48. The molecule has 1 aromatic carbocycles. The summed E-state index contributed by atoms with van der Waals surface area (Å²) in [7, 11) is 0. The fourth-order valence-electron chi connectivity index (χ4n) is 1.72. The number of hydrogen-bond donors (Lipinski definition) is 3. The number of hydrogen-bond acceptors (Lipinski definition) is 3. The minimum absolute atomic E-state index is 0.513. The highest BCUT2D eigenvalue weighted by molar-refractivity contribution is 5.95. The molecule has 0 spiro atoms. The van der Waals surface area contributed by atoms with Gasteiger partial charge in [0.15, 0.2) is 12.0 Å². The predicted molar refractivity (Wildman–Crippen MR) is 58.8 cm³/mol. The SMILES string of the molecule is Cc1ccc(N2C(=O)NC(O)C2(C)O)cc1. The lowest BCUT2D eigenvalue weighted by molar-refractivity contribution is -0.0453. The molecule has 1 saturated heterocycles. The molecule has 1 aliphatic heterocycles. The fourth-order valence-corrected chi connectivity index (χ4v) is 1.72. The number of rotatable bonds is 1. The van der Waals surface area contributed by atoms with E-state index in [4.69, 9.17) is 0 Å². The number of aliphatic hydroxyl groups excluding tert-OH is 1. The van der Waals surface area contributed by atoms with Crippen LogP contribution in [0.4, 0.5) is 10.5 Å². The number of amides is 2. The molecule has 5 heteroatoms. The van der Waals surface area contributed by atoms with Crippen LogP contribution < -0.4 is 10.2 Å². The van der Waals surface area contributed by atoms with Crippen molar-refractivity contribution in [2.24, 2.45) is 0 Å². The van der Waals surface area contributed by atoms with Crippen LogP contribution in [0.3, 0.4) is 0 Å². The van der Waals surface area contributed by atoms with Crippen LogP contribution in [-0.2, 0) is 0 Å². The van der Waals surface area contributed by atoms with Crippen molar-refractivity contribution in [3.63, 3.8) is 0 Å². The summed E-state index contributed by atoms with van der Waals surface area (Å²) in [5.41, 5.74) is -0.0278. The third kappa shape index (κ3) is 1.54. The second kappa shape index (κ2) is 3.47. The Balaban J connectivity index is 2.40. The Labute approximate surface area is 93.3 Å². The van der Waals surface area contributed by atoms with Gasteiger partial charge in [-0.1, -0.05) is 17.7 Å². The van der Waals surface area contributed by atoms with E-state index >= 15 is 0 Å². The summed E-state index contributed by atoms with van der Waals surface area (Å²) in [5.74, 6) is 0. The van der Waals surface area contributed by atoms with Gasteiger partial charge >= 0.3 is 6.03 Å². The minimum atomic E-state index is -1.63. The lowest BCUT2D eigenvalue weighted by Crippen LogP contribution is -2.49. The van der Waals surface area contributed by atoms with E-state index in [9.17, 15) is 15.0 Å². The molecule has 3 N–H and O–H groups in total. The molecule has 0 aromatic heterocycles. The Morgan fingerprint density at radius 2 is 1.94 bits per heavy atom. The normalized spacial score (nSPS) is 29.4. The first kappa shape index (κ1) is 10.9. The zero-order valence-electron chi connectivity index (χ0n) is 9.14. The van der Waals surface area contributed by atoms with Gasteiger partial charge in [0.05, 0.1) is 0 Å². The summed E-state index contributed by atoms with van der Waals surface area (Å²) in [6.07, 6.45) is -1.29. The molecule has 2 atom stereocenters. The van der Waals surface area contributed by atoms with E-state index in [1.165, 1.54) is 6.92 Å². The van der Waals surface area contributed by atoms with Gasteiger partial charge in [0.2, 0.25) is 0 Å². The van der Waals surface area contributed by atoms with Crippen LogP contribution in [0.15, 0.2) is 24.3 Å². The van der Waals surface area contributed by atoms with Crippen molar-refractivity contribution < 1.29 is 15.0 Å². The number of benzene rings is 1. The molecule has 0 saturated carbocycles. The van der Waals surface area contributed by atoms with Crippen LogP contribution in [0, 0.1) is 6.92 Å². The van der Waals surface area contributed by atoms with Crippen molar-refractivity contribution in [2.45, 2.75) is 25.8 Å². The number of urea groups is 1. The molecule has 2 unspecified atom stereocenters. The van der Waals surface area contributed by atoms with E-state index in [1.54, 1.807) is 12.1 Å². The lowest BCUT2D eigenvalue weighted by atomic mass is 10.1. The molecule has 1 aliphatic rings. The maximum absolute atomic E-state index is 11.6. The van der Waals surface area contributed by atoms with Gasteiger partial charge in [-0.2, -0.15) is 0 Å². The average molecular weight is 222 g/mol. The zero-order chi connectivity index (χ0) is 11.9. The second-order valence-corrected chi connectivity index (χ2v) is 4.12. The van der Waals surface area contributed by atoms with Crippen molar-refractivity contribution in [1.29, 1.82) is 0 Å². The molecule has 0 bridgehead atoms. The van der Waals surface area contributed by atoms with Gasteiger partial charge < -0.3 is 15.5 Å². The summed E-state index contributed by atoms with van der Waals surface area (Å²) >= 11 is 0. The zero-order valence-corrected chi connectivity index (χ0v) is 9.14. The average Bonchev–Trinajstić information content (AvgIpc) is 2.39. The Morgan fingerprint density at radius 3 is 2.38 bits per heavy atom. The quantitative estimate of drug-likeness (QED) is 0.649. The van der Waals surface area contributed by atoms with Crippen molar-refractivity contribution in [3.05, 3.63) is 29.8 Å². The first-order valence-electron chi connectivity index (χ1n) is 5.01. The molecule has 2 rings (SSSR count). The van der Waals surface area contributed by atoms with Gasteiger partial charge in [-0.15, -0.1) is 0 Å². The number of aliphatic hydroxyl groups is 2. The van der Waals surface area contributed by atoms with Crippen LogP contribution in [0.5, 0.6) is 0 Å². The number of aryl methyl sites for hydroxylation is 1. The maximum atomic E-state index is 11.6. The van der Waals surface area contributed by atoms with Gasteiger partial charge in [0.25, 0.3) is 0 Å². The first-order valence-corrected chi connectivity index (χ1v) is 5.01. The third-order valence-electron chi connectivity index (χ3n) is 2.73. The highest BCUT2D eigenvalue weighted by Crippen LogP contribution is 2.28. The third-order valence-corrected chi connectivity index (χ3v) is 2.73. The molecule has 0 radical (unpaired) electrons. The second-order valence-electron chi connectivity index (χ2n) is 4.12. The molecule has 0 aliphatic carbocycles. The Bertz CT molecular complexity index is 414. The largest absolute Gasteiger partial charge is 0.369 e. The summed E-state index contributed by atoms with van der Waals surface area (Å²) < 4.78 is 0. The summed E-state index contributed by atoms with van der Waals surface area (Å²) in [5, 5.41) is 21.8. The standard InChI is InChI=1S/C11H14N2O3/c1-7-3-5-8(6-4-7)13-10(15)12-9(14)11(13,2)16/h3-6,9,14,16H,1-2H3,(H,12,15). The van der Waals surface area contributed by atoms with Gasteiger partial charge in [-0.05, 0) is 26.0 Å². The minimum Gasteiger partial charge on any atom is -0.369 e. The van der Waals surface area contributed by atoms with Crippen molar-refractivity contribution in [1.82, 2.24) is 5.32 Å². The number of carbonyl (C=O) groups excluding carboxylic acids is 1. The van der Waals surface area contributed by atoms with Crippen molar-refractivity contribution in [2.75, 3.05) is 4.90 Å². The Kier molecular flexibility index (Phi) is 2.36. The van der Waals surface area contributed by atoms with Gasteiger partial charge in [-0.3, -0.25) is 4.90 Å². The first-order chi connectivity index (χ1) is 7.43. The number of nitrogens with one attached hydrogen (secondary N) is 1. The van der Waals surface area contributed by atoms with E-state index in [0.29, 0.717) is 5.69 Å². The molecule has 16 heavy (non-hydrogen) atoms. The monoisotopic (exact) mass is 222 g/mol. The van der Waals surface area contributed by atoms with E-state index in [0.717, 1.165) is 10.5 Å². The van der Waals surface area contributed by atoms with Crippen molar-refractivity contribution in [3.8, 4) is 0 Å². The van der Waals surface area contributed by atoms with Crippen LogP contribution >= 0.6 is 0 Å². The topological polar surface area (TPSA) is 72.8 Å². The van der Waals surface area contributed by atoms with Gasteiger partial charge in [0, 0.05) is 5.69 Å². The summed E-state index contributed by atoms with van der Waals surface area (Å²) in [6.45, 7) is 3.32. The van der Waals surface area contributed by atoms with Gasteiger partial charge in [0.1, 0.15) is 0 Å². The van der Waals surface area contributed by atoms with Crippen LogP contribution in [0.2, 0.25) is 0 Å². The molecular weight excluding hydrogens is 208 g/mol. The van der Waals surface area contributed by atoms with Crippen LogP contribution in [0.1, 0.15) is 12.5 Å².